The average Bonchev–Trinajstić information content (AvgIpc) is 2.44. The zero-order chi connectivity index (χ0) is 16.8. The Kier molecular flexibility index (Phi) is 31.8. The molecule has 0 fully saturated rings. The van der Waals surface area contributed by atoms with Crippen LogP contribution in [0.15, 0.2) is 0 Å². The third-order valence-electron chi connectivity index (χ3n) is 3.25. The van der Waals surface area contributed by atoms with E-state index in [2.05, 4.69) is 16.7 Å². The standard InChI is InChI=1S/C15H26O7.3Na.3H/c1-2-3-4-5-6-7-8-9-10-12(14(18)19)15(20)22-21-11-13(16)17;;;;;;/h12H,2-11H2,1H3,(H,16,17)(H,18,19);;;;;;. The van der Waals surface area contributed by atoms with Gasteiger partial charge in [-0.2, -0.15) is 4.89 Å². The van der Waals surface area contributed by atoms with E-state index in [1.54, 1.807) is 0 Å². The van der Waals surface area contributed by atoms with Gasteiger partial charge in [0, 0.05) is 0 Å². The average molecular weight is 390 g/mol. The van der Waals surface area contributed by atoms with Crippen molar-refractivity contribution >= 4 is 107 Å². The minimum atomic E-state index is -1.31. The van der Waals surface area contributed by atoms with E-state index < -0.39 is 30.4 Å². The molecule has 0 aliphatic carbocycles. The van der Waals surface area contributed by atoms with E-state index in [9.17, 15) is 14.4 Å². The van der Waals surface area contributed by atoms with Crippen molar-refractivity contribution in [3.05, 3.63) is 0 Å². The van der Waals surface area contributed by atoms with Crippen LogP contribution in [0, 0.1) is 5.92 Å². The molecule has 25 heavy (non-hydrogen) atoms. The minimum absolute atomic E-state index is 0. The van der Waals surface area contributed by atoms with Gasteiger partial charge >= 0.3 is 107 Å². The number of carbonyl (C=O) groups is 3. The van der Waals surface area contributed by atoms with E-state index in [0.29, 0.717) is 6.42 Å². The van der Waals surface area contributed by atoms with E-state index in [1.807, 2.05) is 0 Å². The second-order valence-electron chi connectivity index (χ2n) is 5.21. The van der Waals surface area contributed by atoms with Crippen LogP contribution in [0.1, 0.15) is 64.7 Å². The number of unbranched alkanes of at least 4 members (excludes halogenated alkanes) is 7. The van der Waals surface area contributed by atoms with Crippen molar-refractivity contribution in [2.75, 3.05) is 6.61 Å². The second kappa shape index (κ2) is 23.4. The Labute approximate surface area is 215 Å². The molecule has 10 heteroatoms. The number of carboxylic acid groups (broad SMARTS) is 2. The maximum atomic E-state index is 11.5. The molecule has 0 aromatic rings. The van der Waals surface area contributed by atoms with Gasteiger partial charge in [-0.1, -0.05) is 58.3 Å². The molecule has 0 aliphatic heterocycles. The molecule has 2 N–H and O–H groups in total. The molecule has 0 amide bonds. The van der Waals surface area contributed by atoms with Crippen molar-refractivity contribution < 1.29 is 34.4 Å². The van der Waals surface area contributed by atoms with Crippen LogP contribution in [0.2, 0.25) is 0 Å². The van der Waals surface area contributed by atoms with Gasteiger partial charge in [0.1, 0.15) is 0 Å². The molecule has 0 radical (unpaired) electrons. The van der Waals surface area contributed by atoms with E-state index in [-0.39, 0.29) is 95.1 Å². The Bertz CT molecular complexity index is 354. The second-order valence-corrected chi connectivity index (χ2v) is 5.21. The zero-order valence-corrected chi connectivity index (χ0v) is 13.1. The molecule has 0 bridgehead atoms. The van der Waals surface area contributed by atoms with Crippen molar-refractivity contribution in [3.8, 4) is 0 Å². The normalized spacial score (nSPS) is 10.4. The van der Waals surface area contributed by atoms with Crippen molar-refractivity contribution in [1.82, 2.24) is 0 Å². The summed E-state index contributed by atoms with van der Waals surface area (Å²) in [5, 5.41) is 17.3. The SMILES string of the molecule is CCCCCCCCCCC(C(=O)O)C(=O)OOCC(=O)O.[NaH].[NaH].[NaH]. The summed E-state index contributed by atoms with van der Waals surface area (Å²) < 4.78 is 0. The first kappa shape index (κ1) is 33.9. The van der Waals surface area contributed by atoms with Crippen LogP contribution >= 0.6 is 0 Å². The van der Waals surface area contributed by atoms with Gasteiger partial charge in [0.25, 0.3) is 0 Å². The molecule has 0 aromatic heterocycles. The molecule has 134 valence electrons. The van der Waals surface area contributed by atoms with E-state index in [1.165, 1.54) is 25.7 Å². The molecule has 0 heterocycles. The first-order valence-electron chi connectivity index (χ1n) is 7.77. The summed E-state index contributed by atoms with van der Waals surface area (Å²) in [4.78, 5) is 41.0. The fourth-order valence-electron chi connectivity index (χ4n) is 2.02. The first-order chi connectivity index (χ1) is 10.5. The fraction of sp³-hybridized carbons (Fsp3) is 0.800. The van der Waals surface area contributed by atoms with Crippen LogP contribution in [0.25, 0.3) is 0 Å². The summed E-state index contributed by atoms with van der Waals surface area (Å²) in [5.41, 5.74) is 0. The van der Waals surface area contributed by atoms with Crippen LogP contribution < -0.4 is 0 Å². The van der Waals surface area contributed by atoms with Gasteiger partial charge in [-0.3, -0.25) is 9.68 Å². The molecular weight excluding hydrogens is 361 g/mol. The zero-order valence-electron chi connectivity index (χ0n) is 13.1. The van der Waals surface area contributed by atoms with Crippen LogP contribution in [-0.2, 0) is 24.2 Å². The van der Waals surface area contributed by atoms with Gasteiger partial charge < -0.3 is 10.2 Å². The third kappa shape index (κ3) is 21.5. The number of aliphatic carboxylic acids is 2. The summed E-state index contributed by atoms with van der Waals surface area (Å²) in [6, 6.07) is 0. The number of hydrogen-bond donors (Lipinski definition) is 2. The molecule has 0 saturated carbocycles. The van der Waals surface area contributed by atoms with Crippen LogP contribution in [0.5, 0.6) is 0 Å². The summed E-state index contributed by atoms with van der Waals surface area (Å²) in [6.07, 6.45) is 8.61. The predicted molar refractivity (Wildman–Crippen MR) is 99.5 cm³/mol. The van der Waals surface area contributed by atoms with Crippen molar-refractivity contribution in [3.63, 3.8) is 0 Å². The summed E-state index contributed by atoms with van der Waals surface area (Å²) in [7, 11) is 0. The fourth-order valence-corrected chi connectivity index (χ4v) is 2.02. The molecule has 7 nitrogen and oxygen atoms in total. The van der Waals surface area contributed by atoms with Crippen LogP contribution in [-0.4, -0.2) is 123 Å². The van der Waals surface area contributed by atoms with Gasteiger partial charge in [0.15, 0.2) is 12.5 Å². The maximum absolute atomic E-state index is 11.5. The Morgan fingerprint density at radius 2 is 1.32 bits per heavy atom. The van der Waals surface area contributed by atoms with Gasteiger partial charge in [-0.05, 0) is 6.42 Å². The first-order valence-corrected chi connectivity index (χ1v) is 7.77. The molecule has 0 rings (SSSR count). The summed E-state index contributed by atoms with van der Waals surface area (Å²) in [6.45, 7) is 1.35. The summed E-state index contributed by atoms with van der Waals surface area (Å²) in [5.74, 6) is -4.96. The van der Waals surface area contributed by atoms with Crippen molar-refractivity contribution in [2.24, 2.45) is 5.92 Å². The van der Waals surface area contributed by atoms with E-state index in [0.717, 1.165) is 19.3 Å². The molecular formula is C15H29Na3O7. The Morgan fingerprint density at radius 3 is 1.76 bits per heavy atom. The van der Waals surface area contributed by atoms with Crippen molar-refractivity contribution in [2.45, 2.75) is 64.7 Å². The molecule has 1 unspecified atom stereocenters. The van der Waals surface area contributed by atoms with Crippen LogP contribution in [0.3, 0.4) is 0 Å². The molecule has 1 atom stereocenters. The Hall–Kier alpha value is 1.37. The monoisotopic (exact) mass is 390 g/mol. The quantitative estimate of drug-likeness (QED) is 0.149. The molecule has 0 saturated heterocycles. The van der Waals surface area contributed by atoms with Crippen molar-refractivity contribution in [1.29, 1.82) is 0 Å². The van der Waals surface area contributed by atoms with E-state index in [4.69, 9.17) is 10.2 Å². The molecule has 0 spiro atoms. The van der Waals surface area contributed by atoms with Gasteiger partial charge in [-0.15, -0.1) is 0 Å². The predicted octanol–water partition coefficient (Wildman–Crippen LogP) is 0.832. The third-order valence-corrected chi connectivity index (χ3v) is 3.25. The molecule has 0 aromatic carbocycles. The summed E-state index contributed by atoms with van der Waals surface area (Å²) >= 11 is 0. The Morgan fingerprint density at radius 1 is 0.840 bits per heavy atom. The van der Waals surface area contributed by atoms with Gasteiger partial charge in [0.2, 0.25) is 0 Å². The van der Waals surface area contributed by atoms with E-state index >= 15 is 0 Å². The number of carbonyl (C=O) groups excluding carboxylic acids is 1. The van der Waals surface area contributed by atoms with Crippen LogP contribution in [0.4, 0.5) is 0 Å². The molecule has 0 aliphatic rings. The van der Waals surface area contributed by atoms with Gasteiger partial charge in [-0.25, -0.2) is 9.59 Å². The number of rotatable bonds is 14. The number of carboxylic acids is 2. The Balaban J connectivity index is -0.000000735. The topological polar surface area (TPSA) is 110 Å². The number of hydrogen-bond acceptors (Lipinski definition) is 5. The van der Waals surface area contributed by atoms with Gasteiger partial charge in [0.05, 0.1) is 0 Å².